The zero-order valence-electron chi connectivity index (χ0n) is 10.4. The first kappa shape index (κ1) is 13.9. The van der Waals surface area contributed by atoms with Gasteiger partial charge in [-0.25, -0.2) is 4.98 Å². The standard InChI is InChI=1S/C13H18Cl2N2O/c14-10-12-11(15)4-5-13(16-12)18-9-8-17-6-2-1-3-7-17/h4-5H,1-3,6-10H2. The highest BCUT2D eigenvalue weighted by atomic mass is 35.5. The van der Waals surface area contributed by atoms with Crippen LogP contribution in [0.25, 0.3) is 0 Å². The summed E-state index contributed by atoms with van der Waals surface area (Å²) < 4.78 is 5.64. The van der Waals surface area contributed by atoms with Crippen molar-refractivity contribution in [1.29, 1.82) is 0 Å². The van der Waals surface area contributed by atoms with Crippen molar-refractivity contribution >= 4 is 23.2 Å². The zero-order valence-corrected chi connectivity index (χ0v) is 11.9. The van der Waals surface area contributed by atoms with E-state index >= 15 is 0 Å². The molecule has 0 bridgehead atoms. The molecule has 1 aromatic heterocycles. The summed E-state index contributed by atoms with van der Waals surface area (Å²) in [5.41, 5.74) is 0.675. The van der Waals surface area contributed by atoms with Crippen LogP contribution >= 0.6 is 23.2 Å². The third-order valence-electron chi connectivity index (χ3n) is 3.13. The smallest absolute Gasteiger partial charge is 0.213 e. The maximum atomic E-state index is 5.94. The Hall–Kier alpha value is -0.510. The van der Waals surface area contributed by atoms with Crippen LogP contribution in [0.1, 0.15) is 25.0 Å². The molecular weight excluding hydrogens is 271 g/mol. The summed E-state index contributed by atoms with van der Waals surface area (Å²) in [4.78, 5) is 6.70. The molecule has 0 radical (unpaired) electrons. The lowest BCUT2D eigenvalue weighted by molar-refractivity contribution is 0.180. The van der Waals surface area contributed by atoms with E-state index in [1.54, 1.807) is 12.1 Å². The maximum absolute atomic E-state index is 5.94. The van der Waals surface area contributed by atoms with Gasteiger partial charge < -0.3 is 4.74 Å². The normalized spacial score (nSPS) is 16.8. The van der Waals surface area contributed by atoms with Gasteiger partial charge in [-0.05, 0) is 32.0 Å². The van der Waals surface area contributed by atoms with Crippen molar-refractivity contribution in [3.8, 4) is 5.88 Å². The predicted molar refractivity (Wildman–Crippen MR) is 74.6 cm³/mol. The van der Waals surface area contributed by atoms with Gasteiger partial charge in [0.05, 0.1) is 16.6 Å². The predicted octanol–water partition coefficient (Wildman–Crippen LogP) is 3.34. The fraction of sp³-hybridized carbons (Fsp3) is 0.615. The largest absolute Gasteiger partial charge is 0.476 e. The highest BCUT2D eigenvalue weighted by Gasteiger charge is 2.10. The van der Waals surface area contributed by atoms with Crippen LogP contribution in [0.2, 0.25) is 5.02 Å². The number of piperidine rings is 1. The van der Waals surface area contributed by atoms with Gasteiger partial charge in [0.2, 0.25) is 5.88 Å². The summed E-state index contributed by atoms with van der Waals surface area (Å²) in [6.07, 6.45) is 3.96. The van der Waals surface area contributed by atoms with Crippen molar-refractivity contribution in [1.82, 2.24) is 9.88 Å². The number of ether oxygens (including phenoxy) is 1. The van der Waals surface area contributed by atoms with Gasteiger partial charge in [-0.1, -0.05) is 18.0 Å². The monoisotopic (exact) mass is 288 g/mol. The molecule has 2 heterocycles. The van der Waals surface area contributed by atoms with E-state index in [9.17, 15) is 0 Å². The fourth-order valence-corrected chi connectivity index (χ4v) is 2.54. The lowest BCUT2D eigenvalue weighted by Crippen LogP contribution is -2.33. The Morgan fingerprint density at radius 1 is 1.22 bits per heavy atom. The summed E-state index contributed by atoms with van der Waals surface area (Å²) >= 11 is 11.7. The molecule has 0 unspecified atom stereocenters. The molecule has 0 aliphatic carbocycles. The Kier molecular flexibility index (Phi) is 5.54. The Bertz CT molecular complexity index is 381. The van der Waals surface area contributed by atoms with Crippen molar-refractivity contribution in [3.63, 3.8) is 0 Å². The molecule has 0 spiro atoms. The molecule has 0 aromatic carbocycles. The number of likely N-dealkylation sites (tertiary alicyclic amines) is 1. The number of hydrogen-bond donors (Lipinski definition) is 0. The number of pyridine rings is 1. The second-order valence-electron chi connectivity index (χ2n) is 4.46. The van der Waals surface area contributed by atoms with E-state index in [4.69, 9.17) is 27.9 Å². The third kappa shape index (κ3) is 4.01. The highest BCUT2D eigenvalue weighted by Crippen LogP contribution is 2.19. The highest BCUT2D eigenvalue weighted by molar-refractivity contribution is 6.32. The second-order valence-corrected chi connectivity index (χ2v) is 5.14. The Morgan fingerprint density at radius 3 is 2.72 bits per heavy atom. The number of nitrogens with zero attached hydrogens (tertiary/aromatic N) is 2. The van der Waals surface area contributed by atoms with Crippen molar-refractivity contribution in [2.24, 2.45) is 0 Å². The van der Waals surface area contributed by atoms with E-state index in [0.717, 1.165) is 6.54 Å². The molecule has 1 fully saturated rings. The summed E-state index contributed by atoms with van der Waals surface area (Å²) in [6, 6.07) is 3.57. The lowest BCUT2D eigenvalue weighted by Gasteiger charge is -2.26. The average molecular weight is 289 g/mol. The van der Waals surface area contributed by atoms with Gasteiger partial charge in [-0.2, -0.15) is 0 Å². The van der Waals surface area contributed by atoms with Crippen LogP contribution in [-0.4, -0.2) is 36.1 Å². The number of rotatable bonds is 5. The zero-order chi connectivity index (χ0) is 12.8. The van der Waals surface area contributed by atoms with E-state index in [1.807, 2.05) is 0 Å². The Labute approximate surface area is 118 Å². The van der Waals surface area contributed by atoms with Crippen molar-refractivity contribution in [3.05, 3.63) is 22.8 Å². The van der Waals surface area contributed by atoms with Crippen LogP contribution in [0.5, 0.6) is 5.88 Å². The number of aromatic nitrogens is 1. The molecule has 0 atom stereocenters. The average Bonchev–Trinajstić information content (AvgIpc) is 2.42. The first-order valence-corrected chi connectivity index (χ1v) is 7.27. The van der Waals surface area contributed by atoms with Crippen LogP contribution in [0, 0.1) is 0 Å². The van der Waals surface area contributed by atoms with E-state index in [2.05, 4.69) is 9.88 Å². The molecule has 100 valence electrons. The van der Waals surface area contributed by atoms with Crippen LogP contribution in [0.3, 0.4) is 0 Å². The van der Waals surface area contributed by atoms with Gasteiger partial charge in [-0.3, -0.25) is 4.90 Å². The molecule has 1 aliphatic heterocycles. The number of halogens is 2. The Balaban J connectivity index is 1.79. The molecule has 0 N–H and O–H groups in total. The van der Waals surface area contributed by atoms with Gasteiger partial charge in [-0.15, -0.1) is 11.6 Å². The van der Waals surface area contributed by atoms with Gasteiger partial charge in [0, 0.05) is 12.6 Å². The molecule has 2 rings (SSSR count). The quantitative estimate of drug-likeness (QED) is 0.777. The Morgan fingerprint density at radius 2 is 2.00 bits per heavy atom. The van der Waals surface area contributed by atoms with E-state index in [0.29, 0.717) is 29.1 Å². The minimum absolute atomic E-state index is 0.308. The lowest BCUT2D eigenvalue weighted by atomic mass is 10.1. The molecule has 0 amide bonds. The SMILES string of the molecule is ClCc1nc(OCCN2CCCCC2)ccc1Cl. The van der Waals surface area contributed by atoms with Gasteiger partial charge in [0.25, 0.3) is 0 Å². The van der Waals surface area contributed by atoms with E-state index in [-0.39, 0.29) is 0 Å². The van der Waals surface area contributed by atoms with Gasteiger partial charge in [0.15, 0.2) is 0 Å². The van der Waals surface area contributed by atoms with Crippen molar-refractivity contribution in [2.45, 2.75) is 25.1 Å². The summed E-state index contributed by atoms with van der Waals surface area (Å²) in [5, 5.41) is 0.591. The van der Waals surface area contributed by atoms with Crippen LogP contribution in [0.15, 0.2) is 12.1 Å². The molecule has 1 aliphatic rings. The number of alkyl halides is 1. The van der Waals surface area contributed by atoms with Crippen LogP contribution in [0.4, 0.5) is 0 Å². The molecule has 1 saturated heterocycles. The second kappa shape index (κ2) is 7.17. The molecule has 0 saturated carbocycles. The van der Waals surface area contributed by atoms with E-state index in [1.165, 1.54) is 32.4 Å². The molecular formula is C13H18Cl2N2O. The van der Waals surface area contributed by atoms with Crippen LogP contribution in [-0.2, 0) is 5.88 Å². The minimum atomic E-state index is 0.308. The van der Waals surface area contributed by atoms with Gasteiger partial charge >= 0.3 is 0 Å². The van der Waals surface area contributed by atoms with Gasteiger partial charge in [0.1, 0.15) is 6.61 Å². The molecule has 3 nitrogen and oxygen atoms in total. The maximum Gasteiger partial charge on any atom is 0.213 e. The van der Waals surface area contributed by atoms with Crippen LogP contribution < -0.4 is 4.74 Å². The van der Waals surface area contributed by atoms with Crippen molar-refractivity contribution < 1.29 is 4.74 Å². The topological polar surface area (TPSA) is 25.4 Å². The summed E-state index contributed by atoms with van der Waals surface area (Å²) in [6.45, 7) is 3.99. The first-order chi connectivity index (χ1) is 8.79. The molecule has 18 heavy (non-hydrogen) atoms. The summed E-state index contributed by atoms with van der Waals surface area (Å²) in [5.74, 6) is 0.911. The van der Waals surface area contributed by atoms with Crippen molar-refractivity contribution in [2.75, 3.05) is 26.2 Å². The van der Waals surface area contributed by atoms with E-state index < -0.39 is 0 Å². The molecule has 1 aromatic rings. The first-order valence-electron chi connectivity index (χ1n) is 6.36. The minimum Gasteiger partial charge on any atom is -0.476 e. The summed E-state index contributed by atoms with van der Waals surface area (Å²) in [7, 11) is 0. The molecule has 5 heteroatoms. The number of hydrogen-bond acceptors (Lipinski definition) is 3. The fourth-order valence-electron chi connectivity index (χ4n) is 2.10. The third-order valence-corrected chi connectivity index (χ3v) is 3.72.